The highest BCUT2D eigenvalue weighted by Gasteiger charge is 2.11. The van der Waals surface area contributed by atoms with E-state index in [4.69, 9.17) is 0 Å². The molecule has 1 heterocycles. The van der Waals surface area contributed by atoms with Crippen molar-refractivity contribution in [1.29, 1.82) is 0 Å². The van der Waals surface area contributed by atoms with Gasteiger partial charge >= 0.3 is 0 Å². The Morgan fingerprint density at radius 3 is 2.32 bits per heavy atom. The van der Waals surface area contributed by atoms with Gasteiger partial charge in [0, 0.05) is 25.1 Å². The minimum atomic E-state index is -3.23. The minimum absolute atomic E-state index is 0.0845. The molecule has 0 saturated carbocycles. The number of carbonyl (C=O) groups is 1. The van der Waals surface area contributed by atoms with Gasteiger partial charge in [-0.1, -0.05) is 12.1 Å². The van der Waals surface area contributed by atoms with Gasteiger partial charge in [0.1, 0.15) is 0 Å². The van der Waals surface area contributed by atoms with Crippen LogP contribution in [0.5, 0.6) is 0 Å². The van der Waals surface area contributed by atoms with Crippen molar-refractivity contribution in [2.45, 2.75) is 11.3 Å². The molecular weight excluding hydrogens is 264 g/mol. The highest BCUT2D eigenvalue weighted by atomic mass is 32.2. The van der Waals surface area contributed by atoms with E-state index in [9.17, 15) is 13.2 Å². The molecule has 6 heteroatoms. The number of hydrogen-bond donors (Lipinski definition) is 0. The van der Waals surface area contributed by atoms with Crippen LogP contribution in [-0.2, 0) is 23.3 Å². The Hall–Kier alpha value is -1.95. The quantitative estimate of drug-likeness (QED) is 0.789. The molecule has 2 aromatic rings. The largest absolute Gasteiger partial charge is 0.294 e. The molecule has 0 aliphatic heterocycles. The first-order valence-electron chi connectivity index (χ1n) is 5.68. The summed E-state index contributed by atoms with van der Waals surface area (Å²) in [5.41, 5.74) is 1.18. The monoisotopic (exact) mass is 278 g/mol. The van der Waals surface area contributed by atoms with Crippen molar-refractivity contribution in [1.82, 2.24) is 9.78 Å². The summed E-state index contributed by atoms with van der Waals surface area (Å²) in [7, 11) is -1.44. The molecule has 0 radical (unpaired) electrons. The Morgan fingerprint density at radius 1 is 1.21 bits per heavy atom. The smallest absolute Gasteiger partial charge is 0.175 e. The van der Waals surface area contributed by atoms with Crippen LogP contribution in [0.2, 0.25) is 0 Å². The maximum Gasteiger partial charge on any atom is 0.175 e. The second-order valence-corrected chi connectivity index (χ2v) is 6.39. The summed E-state index contributed by atoms with van der Waals surface area (Å²) in [6.45, 7) is 0. The number of Topliss-reactive ketones (excluding diaryl/α,β-unsaturated/α-hetero) is 1. The highest BCUT2D eigenvalue weighted by molar-refractivity contribution is 7.90. The third kappa shape index (κ3) is 3.29. The van der Waals surface area contributed by atoms with Gasteiger partial charge in [-0.2, -0.15) is 5.10 Å². The molecule has 0 saturated heterocycles. The molecule has 2 rings (SSSR count). The Bertz CT molecular complexity index is 700. The summed E-state index contributed by atoms with van der Waals surface area (Å²) in [6.07, 6.45) is 3.12. The lowest BCUT2D eigenvalue weighted by molar-refractivity contribution is 0.0991. The molecule has 100 valence electrons. The number of hydrogen-bond acceptors (Lipinski definition) is 4. The first kappa shape index (κ1) is 13.5. The van der Waals surface area contributed by atoms with Gasteiger partial charge in [0.25, 0.3) is 0 Å². The van der Waals surface area contributed by atoms with Gasteiger partial charge in [-0.05, 0) is 18.2 Å². The van der Waals surface area contributed by atoms with Crippen LogP contribution in [0.3, 0.4) is 0 Å². The van der Waals surface area contributed by atoms with Crippen molar-refractivity contribution in [3.05, 3.63) is 47.8 Å². The van der Waals surface area contributed by atoms with Crippen molar-refractivity contribution in [3.63, 3.8) is 0 Å². The molecule has 0 aliphatic rings. The van der Waals surface area contributed by atoms with E-state index in [0.29, 0.717) is 11.3 Å². The fourth-order valence-corrected chi connectivity index (χ4v) is 2.34. The van der Waals surface area contributed by atoms with Crippen LogP contribution >= 0.6 is 0 Å². The molecule has 0 spiro atoms. The third-order valence-corrected chi connectivity index (χ3v) is 3.84. The minimum Gasteiger partial charge on any atom is -0.294 e. The van der Waals surface area contributed by atoms with Crippen LogP contribution in [-0.4, -0.2) is 30.2 Å². The standard InChI is InChI=1S/C13H14N2O3S/c1-15-8-7-11(14-15)9-13(16)10-3-5-12(6-4-10)19(2,17)18/h3-8H,9H2,1-2H3. The summed E-state index contributed by atoms with van der Waals surface area (Å²) >= 11 is 0. The third-order valence-electron chi connectivity index (χ3n) is 2.71. The summed E-state index contributed by atoms with van der Waals surface area (Å²) < 4.78 is 24.3. The van der Waals surface area contributed by atoms with E-state index in [1.165, 1.54) is 24.3 Å². The van der Waals surface area contributed by atoms with Gasteiger partial charge in [-0.15, -0.1) is 0 Å². The average molecular weight is 278 g/mol. The lowest BCUT2D eigenvalue weighted by Crippen LogP contribution is -2.05. The number of rotatable bonds is 4. The van der Waals surface area contributed by atoms with Crippen molar-refractivity contribution in [3.8, 4) is 0 Å². The summed E-state index contributed by atoms with van der Waals surface area (Å²) in [6, 6.07) is 7.73. The second kappa shape index (κ2) is 4.97. The van der Waals surface area contributed by atoms with Crippen molar-refractivity contribution in [2.24, 2.45) is 7.05 Å². The number of aryl methyl sites for hydroxylation is 1. The van der Waals surface area contributed by atoms with Crippen LogP contribution in [0.15, 0.2) is 41.4 Å². The topological polar surface area (TPSA) is 69.0 Å². The Kier molecular flexibility index (Phi) is 3.53. The predicted octanol–water partition coefficient (Wildman–Crippen LogP) is 1.25. The first-order chi connectivity index (χ1) is 8.86. The summed E-state index contributed by atoms with van der Waals surface area (Å²) in [5, 5.41) is 4.13. The fourth-order valence-electron chi connectivity index (χ4n) is 1.71. The molecule has 0 unspecified atom stereocenters. The van der Waals surface area contributed by atoms with Crippen LogP contribution < -0.4 is 0 Å². The molecular formula is C13H14N2O3S. The van der Waals surface area contributed by atoms with Gasteiger partial charge in [-0.3, -0.25) is 9.48 Å². The van der Waals surface area contributed by atoms with E-state index in [0.717, 1.165) is 6.26 Å². The van der Waals surface area contributed by atoms with Gasteiger partial charge in [0.15, 0.2) is 15.6 Å². The van der Waals surface area contributed by atoms with Gasteiger partial charge in [-0.25, -0.2) is 8.42 Å². The predicted molar refractivity (Wildman–Crippen MR) is 70.8 cm³/mol. The first-order valence-corrected chi connectivity index (χ1v) is 7.57. The van der Waals surface area contributed by atoms with Crippen LogP contribution in [0.4, 0.5) is 0 Å². The normalized spacial score (nSPS) is 11.5. The van der Waals surface area contributed by atoms with Gasteiger partial charge < -0.3 is 0 Å². The maximum absolute atomic E-state index is 12.0. The molecule has 1 aromatic carbocycles. The molecule has 5 nitrogen and oxygen atoms in total. The van der Waals surface area contributed by atoms with E-state index in [2.05, 4.69) is 5.10 Å². The number of aromatic nitrogens is 2. The zero-order valence-corrected chi connectivity index (χ0v) is 11.5. The zero-order valence-electron chi connectivity index (χ0n) is 10.7. The molecule has 1 aromatic heterocycles. The molecule has 0 fully saturated rings. The highest BCUT2D eigenvalue weighted by Crippen LogP contribution is 2.12. The molecule has 0 atom stereocenters. The van der Waals surface area contributed by atoms with Crippen molar-refractivity contribution < 1.29 is 13.2 Å². The lowest BCUT2D eigenvalue weighted by atomic mass is 10.1. The number of benzene rings is 1. The SMILES string of the molecule is Cn1ccc(CC(=O)c2ccc(S(C)(=O)=O)cc2)n1. The van der Waals surface area contributed by atoms with Gasteiger partial charge in [0.05, 0.1) is 17.0 Å². The van der Waals surface area contributed by atoms with E-state index in [1.54, 1.807) is 24.0 Å². The summed E-state index contributed by atoms with van der Waals surface area (Å²) in [4.78, 5) is 12.2. The molecule has 19 heavy (non-hydrogen) atoms. The number of nitrogens with zero attached hydrogens (tertiary/aromatic N) is 2. The van der Waals surface area contributed by atoms with E-state index in [1.807, 2.05) is 0 Å². The maximum atomic E-state index is 12.0. The summed E-state index contributed by atoms with van der Waals surface area (Å²) in [5.74, 6) is -0.0845. The number of ketones is 1. The van der Waals surface area contributed by atoms with Crippen molar-refractivity contribution >= 4 is 15.6 Å². The molecule has 0 bridgehead atoms. The molecule has 0 N–H and O–H groups in total. The Balaban J connectivity index is 2.16. The van der Waals surface area contributed by atoms with Crippen molar-refractivity contribution in [2.75, 3.05) is 6.26 Å². The van der Waals surface area contributed by atoms with E-state index >= 15 is 0 Å². The van der Waals surface area contributed by atoms with Gasteiger partial charge in [0.2, 0.25) is 0 Å². The van der Waals surface area contributed by atoms with Crippen LogP contribution in [0.1, 0.15) is 16.1 Å². The molecule has 0 aliphatic carbocycles. The van der Waals surface area contributed by atoms with E-state index in [-0.39, 0.29) is 17.1 Å². The van der Waals surface area contributed by atoms with Crippen LogP contribution in [0, 0.1) is 0 Å². The lowest BCUT2D eigenvalue weighted by Gasteiger charge is -2.01. The molecule has 0 amide bonds. The average Bonchev–Trinajstić information content (AvgIpc) is 2.74. The zero-order chi connectivity index (χ0) is 14.0. The second-order valence-electron chi connectivity index (χ2n) is 4.38. The van der Waals surface area contributed by atoms with Crippen LogP contribution in [0.25, 0.3) is 0 Å². The number of carbonyl (C=O) groups excluding carboxylic acids is 1. The Morgan fingerprint density at radius 2 is 1.84 bits per heavy atom. The van der Waals surface area contributed by atoms with E-state index < -0.39 is 9.84 Å². The Labute approximate surface area is 111 Å². The number of sulfone groups is 1. The fraction of sp³-hybridized carbons (Fsp3) is 0.231.